The van der Waals surface area contributed by atoms with E-state index in [-0.39, 0.29) is 11.9 Å². The molecule has 1 amide bonds. The van der Waals surface area contributed by atoms with Crippen LogP contribution in [0.4, 0.5) is 5.69 Å². The van der Waals surface area contributed by atoms with Crippen LogP contribution in [0.2, 0.25) is 0 Å². The minimum atomic E-state index is 0.102. The van der Waals surface area contributed by atoms with Crippen LogP contribution in [0.1, 0.15) is 34.6 Å². The number of carbonyl (C=O) groups excluding carboxylic acids is 1. The number of hydrogen-bond acceptors (Lipinski definition) is 3. The lowest BCUT2D eigenvalue weighted by Gasteiger charge is -2.28. The third-order valence-corrected chi connectivity index (χ3v) is 5.53. The van der Waals surface area contributed by atoms with Crippen LogP contribution >= 0.6 is 11.3 Å². The molecular weight excluding hydrogens is 316 g/mol. The fourth-order valence-electron chi connectivity index (χ4n) is 3.08. The number of amides is 1. The largest absolute Gasteiger partial charge is 0.379 e. The van der Waals surface area contributed by atoms with E-state index in [2.05, 4.69) is 49.7 Å². The van der Waals surface area contributed by atoms with Crippen molar-refractivity contribution < 1.29 is 4.79 Å². The first-order chi connectivity index (χ1) is 11.6. The predicted molar refractivity (Wildman–Crippen MR) is 102 cm³/mol. The zero-order chi connectivity index (χ0) is 17.1. The van der Waals surface area contributed by atoms with E-state index >= 15 is 0 Å². The van der Waals surface area contributed by atoms with Gasteiger partial charge in [-0.3, -0.25) is 4.79 Å². The summed E-state index contributed by atoms with van der Waals surface area (Å²) < 4.78 is 0. The minimum absolute atomic E-state index is 0.102. The number of para-hydroxylation sites is 1. The van der Waals surface area contributed by atoms with Crippen LogP contribution in [0.5, 0.6) is 0 Å². The molecule has 1 aliphatic heterocycles. The van der Waals surface area contributed by atoms with E-state index in [1.807, 2.05) is 29.2 Å². The molecule has 3 rings (SSSR count). The number of benzene rings is 1. The van der Waals surface area contributed by atoms with E-state index in [4.69, 9.17) is 0 Å². The van der Waals surface area contributed by atoms with Crippen molar-refractivity contribution in [2.24, 2.45) is 5.92 Å². The number of thiophene rings is 1. The first-order valence-corrected chi connectivity index (χ1v) is 9.29. The van der Waals surface area contributed by atoms with Crippen LogP contribution in [-0.2, 0) is 6.54 Å². The van der Waals surface area contributed by atoms with E-state index in [0.717, 1.165) is 17.8 Å². The highest BCUT2D eigenvalue weighted by Crippen LogP contribution is 2.25. The Morgan fingerprint density at radius 2 is 2.12 bits per heavy atom. The Bertz CT molecular complexity index is 748. The van der Waals surface area contributed by atoms with Crippen LogP contribution in [0, 0.1) is 12.8 Å². The minimum Gasteiger partial charge on any atom is -0.379 e. The second-order valence-electron chi connectivity index (χ2n) is 6.55. The summed E-state index contributed by atoms with van der Waals surface area (Å²) in [5.74, 6) is 0.520. The molecule has 0 bridgehead atoms. The average molecular weight is 340 g/mol. The molecule has 1 aromatic carbocycles. The standard InChI is InChI=1S/C20H24N2OS/c1-14(2)18-9-6-11-22(18)20(23)16-7-4-5-8-17(16)21-13-19-15(3)10-12-24-19/h4-10,12,14,18,21H,11,13H2,1-3H3/t18-/m0/s1. The van der Waals surface area contributed by atoms with Gasteiger partial charge >= 0.3 is 0 Å². The number of carbonyl (C=O) groups is 1. The van der Waals surface area contributed by atoms with Crippen LogP contribution in [-0.4, -0.2) is 23.4 Å². The third kappa shape index (κ3) is 3.39. The van der Waals surface area contributed by atoms with Crippen LogP contribution in [0.15, 0.2) is 47.9 Å². The molecule has 0 radical (unpaired) electrons. The van der Waals surface area contributed by atoms with Gasteiger partial charge < -0.3 is 10.2 Å². The maximum absolute atomic E-state index is 13.1. The summed E-state index contributed by atoms with van der Waals surface area (Å²) in [5.41, 5.74) is 2.95. The summed E-state index contributed by atoms with van der Waals surface area (Å²) in [4.78, 5) is 16.3. The molecule has 1 N–H and O–H groups in total. The topological polar surface area (TPSA) is 32.3 Å². The summed E-state index contributed by atoms with van der Waals surface area (Å²) in [7, 11) is 0. The molecule has 4 heteroatoms. The summed E-state index contributed by atoms with van der Waals surface area (Å²) in [6.45, 7) is 7.88. The normalized spacial score (nSPS) is 16.8. The zero-order valence-electron chi connectivity index (χ0n) is 14.5. The smallest absolute Gasteiger partial charge is 0.256 e. The molecule has 2 heterocycles. The van der Waals surface area contributed by atoms with Crippen LogP contribution in [0.3, 0.4) is 0 Å². The molecule has 0 saturated heterocycles. The Morgan fingerprint density at radius 3 is 2.83 bits per heavy atom. The van der Waals surface area contributed by atoms with Crippen molar-refractivity contribution in [1.29, 1.82) is 0 Å². The first-order valence-electron chi connectivity index (χ1n) is 8.41. The average Bonchev–Trinajstić information content (AvgIpc) is 3.21. The molecule has 0 unspecified atom stereocenters. The number of nitrogens with one attached hydrogen (secondary N) is 1. The van der Waals surface area contributed by atoms with Crippen molar-refractivity contribution in [3.63, 3.8) is 0 Å². The SMILES string of the molecule is Cc1ccsc1CNc1ccccc1C(=O)N1CC=C[C@H]1C(C)C. The third-order valence-electron chi connectivity index (χ3n) is 4.50. The summed E-state index contributed by atoms with van der Waals surface area (Å²) in [5, 5.41) is 5.55. The predicted octanol–water partition coefficient (Wildman–Crippen LogP) is 4.71. The quantitative estimate of drug-likeness (QED) is 0.800. The number of hydrogen-bond donors (Lipinski definition) is 1. The van der Waals surface area contributed by atoms with E-state index < -0.39 is 0 Å². The van der Waals surface area contributed by atoms with Crippen molar-refractivity contribution in [3.8, 4) is 0 Å². The lowest BCUT2D eigenvalue weighted by Crippen LogP contribution is -2.39. The highest BCUT2D eigenvalue weighted by atomic mass is 32.1. The van der Waals surface area contributed by atoms with Gasteiger partial charge in [0.25, 0.3) is 5.91 Å². The Balaban J connectivity index is 1.79. The number of aryl methyl sites for hydroxylation is 1. The van der Waals surface area contributed by atoms with Crippen molar-refractivity contribution >= 4 is 22.9 Å². The van der Waals surface area contributed by atoms with Crippen molar-refractivity contribution in [2.45, 2.75) is 33.4 Å². The van der Waals surface area contributed by atoms with E-state index in [1.165, 1.54) is 10.4 Å². The van der Waals surface area contributed by atoms with Gasteiger partial charge in [-0.05, 0) is 42.0 Å². The maximum Gasteiger partial charge on any atom is 0.256 e. The highest BCUT2D eigenvalue weighted by Gasteiger charge is 2.28. The number of nitrogens with zero attached hydrogens (tertiary/aromatic N) is 1. The molecular formula is C20H24N2OS. The van der Waals surface area contributed by atoms with Gasteiger partial charge in [0.2, 0.25) is 0 Å². The lowest BCUT2D eigenvalue weighted by molar-refractivity contribution is 0.0721. The fourth-order valence-corrected chi connectivity index (χ4v) is 3.92. The zero-order valence-corrected chi connectivity index (χ0v) is 15.3. The molecule has 0 spiro atoms. The van der Waals surface area contributed by atoms with Crippen molar-refractivity contribution in [3.05, 3.63) is 63.9 Å². The van der Waals surface area contributed by atoms with E-state index in [1.54, 1.807) is 11.3 Å². The van der Waals surface area contributed by atoms with Gasteiger partial charge in [-0.15, -0.1) is 11.3 Å². The monoisotopic (exact) mass is 340 g/mol. The Morgan fingerprint density at radius 1 is 1.33 bits per heavy atom. The number of rotatable bonds is 5. The van der Waals surface area contributed by atoms with Gasteiger partial charge in [-0.25, -0.2) is 0 Å². The Hall–Kier alpha value is -2.07. The van der Waals surface area contributed by atoms with Gasteiger partial charge in [-0.2, -0.15) is 0 Å². The molecule has 126 valence electrons. The molecule has 0 saturated carbocycles. The van der Waals surface area contributed by atoms with E-state index in [9.17, 15) is 4.79 Å². The second-order valence-corrected chi connectivity index (χ2v) is 7.55. The highest BCUT2D eigenvalue weighted by molar-refractivity contribution is 7.10. The van der Waals surface area contributed by atoms with Crippen LogP contribution < -0.4 is 5.32 Å². The molecule has 0 fully saturated rings. The summed E-state index contributed by atoms with van der Waals surface area (Å²) in [6, 6.07) is 10.1. The first kappa shape index (κ1) is 16.8. The molecule has 0 aliphatic carbocycles. The second kappa shape index (κ2) is 7.22. The summed E-state index contributed by atoms with van der Waals surface area (Å²) in [6.07, 6.45) is 4.24. The van der Waals surface area contributed by atoms with Crippen molar-refractivity contribution in [2.75, 3.05) is 11.9 Å². The molecule has 3 nitrogen and oxygen atoms in total. The summed E-state index contributed by atoms with van der Waals surface area (Å²) >= 11 is 1.74. The Kier molecular flexibility index (Phi) is 5.05. The maximum atomic E-state index is 13.1. The van der Waals surface area contributed by atoms with Gasteiger partial charge in [0.05, 0.1) is 11.6 Å². The van der Waals surface area contributed by atoms with Gasteiger partial charge in [0, 0.05) is 23.7 Å². The van der Waals surface area contributed by atoms with Gasteiger partial charge in [0.1, 0.15) is 0 Å². The Labute approximate surface area is 148 Å². The van der Waals surface area contributed by atoms with E-state index in [0.29, 0.717) is 12.5 Å². The number of anilines is 1. The van der Waals surface area contributed by atoms with Gasteiger partial charge in [-0.1, -0.05) is 38.1 Å². The molecule has 1 atom stereocenters. The van der Waals surface area contributed by atoms with Crippen molar-refractivity contribution in [1.82, 2.24) is 4.90 Å². The molecule has 2 aromatic rings. The molecule has 1 aromatic heterocycles. The molecule has 1 aliphatic rings. The van der Waals surface area contributed by atoms with Crippen LogP contribution in [0.25, 0.3) is 0 Å². The molecule has 24 heavy (non-hydrogen) atoms. The fraction of sp³-hybridized carbons (Fsp3) is 0.350. The van der Waals surface area contributed by atoms with Gasteiger partial charge in [0.15, 0.2) is 0 Å². The lowest BCUT2D eigenvalue weighted by atomic mass is 10.0.